The summed E-state index contributed by atoms with van der Waals surface area (Å²) < 4.78 is 36.8. The van der Waals surface area contributed by atoms with Crippen LogP contribution in [-0.4, -0.2) is 83.6 Å². The van der Waals surface area contributed by atoms with Crippen LogP contribution in [-0.2, 0) is 11.2 Å². The smallest absolute Gasteiger partial charge is 0.236 e. The number of halogens is 2. The Balaban J connectivity index is 1.20. The fraction of sp³-hybridized carbons (Fsp3) is 0.438. The van der Waals surface area contributed by atoms with Crippen LogP contribution in [0.5, 0.6) is 5.75 Å². The van der Waals surface area contributed by atoms with E-state index in [-0.39, 0.29) is 23.4 Å². The predicted octanol–water partition coefficient (Wildman–Crippen LogP) is 5.50. The van der Waals surface area contributed by atoms with E-state index in [1.54, 1.807) is 17.4 Å². The van der Waals surface area contributed by atoms with E-state index < -0.39 is 11.6 Å². The highest BCUT2D eigenvalue weighted by Crippen LogP contribution is 2.39. The van der Waals surface area contributed by atoms with Gasteiger partial charge in [-0.15, -0.1) is 11.3 Å². The topological polar surface area (TPSA) is 74.7 Å². The molecule has 0 atom stereocenters. The number of aromatic nitrogens is 3. The van der Waals surface area contributed by atoms with Crippen molar-refractivity contribution >= 4 is 33.1 Å². The highest BCUT2D eigenvalue weighted by molar-refractivity contribution is 7.18. The van der Waals surface area contributed by atoms with Gasteiger partial charge < -0.3 is 19.4 Å². The lowest BCUT2D eigenvalue weighted by molar-refractivity contribution is -0.132. The van der Waals surface area contributed by atoms with Crippen LogP contribution in [0.2, 0.25) is 0 Å². The molecule has 0 unspecified atom stereocenters. The van der Waals surface area contributed by atoms with Crippen LogP contribution in [0.25, 0.3) is 21.5 Å². The van der Waals surface area contributed by atoms with Crippen LogP contribution >= 0.6 is 11.3 Å². The Labute approximate surface area is 254 Å². The van der Waals surface area contributed by atoms with Gasteiger partial charge in [0, 0.05) is 37.0 Å². The van der Waals surface area contributed by atoms with E-state index >= 15 is 8.78 Å². The second kappa shape index (κ2) is 12.1. The number of anilines is 1. The van der Waals surface area contributed by atoms with Gasteiger partial charge in [0.15, 0.2) is 17.4 Å². The molecular formula is C32H36F2N6O2S. The van der Waals surface area contributed by atoms with Gasteiger partial charge in [0.25, 0.3) is 0 Å². The number of hydrogen-bond donors (Lipinski definition) is 0. The average Bonchev–Trinajstić information content (AvgIpc) is 3.41. The maximum absolute atomic E-state index is 15.1. The minimum atomic E-state index is -0.606. The third-order valence-corrected chi connectivity index (χ3v) is 9.28. The number of benzene rings is 2. The van der Waals surface area contributed by atoms with E-state index in [1.807, 2.05) is 49.9 Å². The number of nitrogens with zero attached hydrogens (tertiary/aromatic N) is 6. The molecule has 1 fully saturated rings. The van der Waals surface area contributed by atoms with Gasteiger partial charge in [0.2, 0.25) is 5.91 Å². The third kappa shape index (κ3) is 6.19. The third-order valence-electron chi connectivity index (χ3n) is 8.08. The van der Waals surface area contributed by atoms with Gasteiger partial charge in [-0.3, -0.25) is 4.79 Å². The van der Waals surface area contributed by atoms with E-state index in [1.165, 1.54) is 6.07 Å². The summed E-state index contributed by atoms with van der Waals surface area (Å²) in [6.07, 6.45) is 3.35. The number of thiazole rings is 1. The lowest BCUT2D eigenvalue weighted by atomic mass is 9.97. The summed E-state index contributed by atoms with van der Waals surface area (Å²) in [7, 11) is 3.82. The van der Waals surface area contributed by atoms with Crippen LogP contribution < -0.4 is 9.64 Å². The Hall–Kier alpha value is -3.70. The quantitative estimate of drug-likeness (QED) is 0.275. The monoisotopic (exact) mass is 606 g/mol. The second-order valence-electron chi connectivity index (χ2n) is 11.8. The van der Waals surface area contributed by atoms with Crippen molar-refractivity contribution in [3.05, 3.63) is 64.6 Å². The number of rotatable bonds is 7. The van der Waals surface area contributed by atoms with Crippen molar-refractivity contribution in [1.29, 1.82) is 0 Å². The maximum Gasteiger partial charge on any atom is 0.236 e. The SMILES string of the molecule is CC(C)N1CCOc2c(F)cc(-c3nc(Cc4ccc5sc(C6CCN(C(=O)CN(C)C)CC6)nc5c4)ncc3F)cc21. The molecule has 0 bridgehead atoms. The molecule has 226 valence electrons. The Morgan fingerprint density at radius 2 is 1.88 bits per heavy atom. The van der Waals surface area contributed by atoms with Gasteiger partial charge in [-0.25, -0.2) is 23.7 Å². The van der Waals surface area contributed by atoms with Crippen LogP contribution in [0, 0.1) is 11.6 Å². The van der Waals surface area contributed by atoms with E-state index in [0.29, 0.717) is 49.1 Å². The van der Waals surface area contributed by atoms with Crippen molar-refractivity contribution in [2.75, 3.05) is 51.8 Å². The Morgan fingerprint density at radius 1 is 1.09 bits per heavy atom. The minimum Gasteiger partial charge on any atom is -0.486 e. The molecule has 0 saturated carbocycles. The fourth-order valence-electron chi connectivity index (χ4n) is 5.87. The molecule has 43 heavy (non-hydrogen) atoms. The van der Waals surface area contributed by atoms with Gasteiger partial charge in [0.05, 0.1) is 40.2 Å². The van der Waals surface area contributed by atoms with Crippen LogP contribution in [0.3, 0.4) is 0 Å². The van der Waals surface area contributed by atoms with Gasteiger partial charge >= 0.3 is 0 Å². The summed E-state index contributed by atoms with van der Waals surface area (Å²) in [5.41, 5.74) is 2.89. The highest BCUT2D eigenvalue weighted by atomic mass is 32.1. The number of carbonyl (C=O) groups excluding carboxylic acids is 1. The van der Waals surface area contributed by atoms with E-state index in [0.717, 1.165) is 52.9 Å². The number of piperidine rings is 1. The maximum atomic E-state index is 15.1. The summed E-state index contributed by atoms with van der Waals surface area (Å²) in [5.74, 6) is -0.0000765. The molecule has 0 radical (unpaired) electrons. The number of carbonyl (C=O) groups is 1. The number of likely N-dealkylation sites (N-methyl/N-ethyl adjacent to an activating group) is 1. The molecule has 2 aliphatic heterocycles. The number of amides is 1. The van der Waals surface area contributed by atoms with Crippen molar-refractivity contribution in [3.63, 3.8) is 0 Å². The first-order valence-corrected chi connectivity index (χ1v) is 15.5. The lowest BCUT2D eigenvalue weighted by Crippen LogP contribution is -2.42. The molecular weight excluding hydrogens is 570 g/mol. The molecule has 4 heterocycles. The molecule has 4 aromatic rings. The zero-order chi connectivity index (χ0) is 30.2. The van der Waals surface area contributed by atoms with Crippen molar-refractivity contribution in [3.8, 4) is 17.0 Å². The van der Waals surface area contributed by atoms with Crippen molar-refractivity contribution in [1.82, 2.24) is 24.8 Å². The van der Waals surface area contributed by atoms with Crippen LogP contribution in [0.4, 0.5) is 14.5 Å². The summed E-state index contributed by atoms with van der Waals surface area (Å²) in [6.45, 7) is 7.02. The molecule has 6 rings (SSSR count). The molecule has 2 aliphatic rings. The molecule has 2 aromatic carbocycles. The van der Waals surface area contributed by atoms with Gasteiger partial charge in [0.1, 0.15) is 18.1 Å². The second-order valence-corrected chi connectivity index (χ2v) is 12.9. The molecule has 0 N–H and O–H groups in total. The molecule has 2 aromatic heterocycles. The summed E-state index contributed by atoms with van der Waals surface area (Å²) in [4.78, 5) is 32.1. The van der Waals surface area contributed by atoms with Gasteiger partial charge in [-0.1, -0.05) is 6.07 Å². The zero-order valence-corrected chi connectivity index (χ0v) is 25.8. The van der Waals surface area contributed by atoms with E-state index in [4.69, 9.17) is 9.72 Å². The Morgan fingerprint density at radius 3 is 2.63 bits per heavy atom. The number of fused-ring (bicyclic) bond motifs is 2. The molecule has 0 aliphatic carbocycles. The predicted molar refractivity (Wildman–Crippen MR) is 165 cm³/mol. The fourth-order valence-corrected chi connectivity index (χ4v) is 6.99. The molecule has 0 spiro atoms. The number of hydrogen-bond acceptors (Lipinski definition) is 8. The molecule has 1 saturated heterocycles. The number of likely N-dealkylation sites (tertiary alicyclic amines) is 1. The largest absolute Gasteiger partial charge is 0.486 e. The summed E-state index contributed by atoms with van der Waals surface area (Å²) >= 11 is 1.70. The molecule has 8 nitrogen and oxygen atoms in total. The first kappa shape index (κ1) is 29.4. The summed E-state index contributed by atoms with van der Waals surface area (Å²) in [5, 5.41) is 1.10. The summed E-state index contributed by atoms with van der Waals surface area (Å²) in [6, 6.07) is 9.28. The van der Waals surface area contributed by atoms with E-state index in [2.05, 4.69) is 20.9 Å². The normalized spacial score (nSPS) is 15.8. The molecule has 11 heteroatoms. The van der Waals surface area contributed by atoms with Gasteiger partial charge in [-0.2, -0.15) is 0 Å². The van der Waals surface area contributed by atoms with Crippen molar-refractivity contribution in [2.24, 2.45) is 0 Å². The average molecular weight is 607 g/mol. The van der Waals surface area contributed by atoms with Crippen LogP contribution in [0.1, 0.15) is 49.0 Å². The van der Waals surface area contributed by atoms with Gasteiger partial charge in [-0.05, 0) is 70.6 Å². The van der Waals surface area contributed by atoms with Crippen molar-refractivity contribution < 1.29 is 18.3 Å². The standard InChI is InChI=1S/C32H36F2N6O2S/c1-19(2)40-11-12-42-31-23(33)15-22(16-26(31)40)30-24(34)17-35-28(37-30)14-20-5-6-27-25(13-20)36-32(43-27)21-7-9-39(10-8-21)29(41)18-38(3)4/h5-6,13,15-17,19,21H,7-12,14,18H2,1-4H3. The van der Waals surface area contributed by atoms with E-state index in [9.17, 15) is 4.79 Å². The van der Waals surface area contributed by atoms with Crippen LogP contribution in [0.15, 0.2) is 36.5 Å². The minimum absolute atomic E-state index is 0.0633. The Bertz CT molecular complexity index is 1650. The lowest BCUT2D eigenvalue weighted by Gasteiger charge is -2.34. The highest BCUT2D eigenvalue weighted by Gasteiger charge is 2.27. The first-order valence-electron chi connectivity index (χ1n) is 14.7. The zero-order valence-electron chi connectivity index (χ0n) is 24.9. The first-order chi connectivity index (χ1) is 20.7. The Kier molecular flexibility index (Phi) is 8.28. The molecule has 1 amide bonds. The number of ether oxygens (including phenoxy) is 1. The van der Waals surface area contributed by atoms with Crippen molar-refractivity contribution in [2.45, 2.75) is 45.1 Å².